The summed E-state index contributed by atoms with van der Waals surface area (Å²) < 4.78 is 14.3. The number of nitrogens with zero attached hydrogens (tertiary/aromatic N) is 2. The van der Waals surface area contributed by atoms with Gasteiger partial charge >= 0.3 is 0 Å². The molecule has 2 aliphatic heterocycles. The molecule has 2 saturated heterocycles. The molecular weight excluding hydrogens is 352 g/mol. The van der Waals surface area contributed by atoms with E-state index in [1.165, 1.54) is 23.7 Å². The quantitative estimate of drug-likeness (QED) is 0.797. The summed E-state index contributed by atoms with van der Waals surface area (Å²) in [6, 6.07) is 8.93. The lowest BCUT2D eigenvalue weighted by Gasteiger charge is -2.33. The predicted molar refractivity (Wildman–Crippen MR) is 109 cm³/mol. The van der Waals surface area contributed by atoms with Crippen molar-refractivity contribution in [2.75, 3.05) is 26.3 Å². The molecule has 0 bridgehead atoms. The van der Waals surface area contributed by atoms with Crippen molar-refractivity contribution in [1.82, 2.24) is 9.47 Å². The van der Waals surface area contributed by atoms with Gasteiger partial charge in [0.1, 0.15) is 11.9 Å². The molecule has 0 radical (unpaired) electrons. The molecule has 28 heavy (non-hydrogen) atoms. The monoisotopic (exact) mass is 382 g/mol. The van der Waals surface area contributed by atoms with Gasteiger partial charge < -0.3 is 18.9 Å². The number of fused-ring (bicyclic) bond motifs is 1. The van der Waals surface area contributed by atoms with Gasteiger partial charge in [-0.3, -0.25) is 4.79 Å². The van der Waals surface area contributed by atoms with Crippen LogP contribution in [0.5, 0.6) is 5.75 Å². The second kappa shape index (κ2) is 7.78. The summed E-state index contributed by atoms with van der Waals surface area (Å²) in [7, 11) is 0. The highest BCUT2D eigenvalue weighted by Gasteiger charge is 2.30. The summed E-state index contributed by atoms with van der Waals surface area (Å²) in [6.07, 6.45) is 9.87. The fourth-order valence-corrected chi connectivity index (χ4v) is 5.13. The van der Waals surface area contributed by atoms with Crippen molar-refractivity contribution in [3.63, 3.8) is 0 Å². The average molecular weight is 383 g/mol. The SMILES string of the molecule is O=C(C1CCCC1)N1CCC(Oc2cccc3c2ccn3C2CCOC2)CC1. The summed E-state index contributed by atoms with van der Waals surface area (Å²) in [6.45, 7) is 3.30. The largest absolute Gasteiger partial charge is 0.490 e. The fourth-order valence-electron chi connectivity index (χ4n) is 5.13. The second-order valence-electron chi connectivity index (χ2n) is 8.55. The van der Waals surface area contributed by atoms with Gasteiger partial charge in [-0.1, -0.05) is 18.9 Å². The van der Waals surface area contributed by atoms with Gasteiger partial charge in [0.05, 0.1) is 18.2 Å². The van der Waals surface area contributed by atoms with E-state index in [-0.39, 0.29) is 12.0 Å². The van der Waals surface area contributed by atoms with E-state index >= 15 is 0 Å². The summed E-state index contributed by atoms with van der Waals surface area (Å²) >= 11 is 0. The molecule has 1 unspecified atom stereocenters. The Bertz CT molecular complexity index is 825. The van der Waals surface area contributed by atoms with Gasteiger partial charge in [0.15, 0.2) is 0 Å². The molecule has 5 rings (SSSR count). The number of aromatic nitrogens is 1. The highest BCUT2D eigenvalue weighted by atomic mass is 16.5. The molecule has 5 heteroatoms. The molecule has 3 aliphatic rings. The lowest BCUT2D eigenvalue weighted by Crippen LogP contribution is -2.43. The van der Waals surface area contributed by atoms with Crippen molar-refractivity contribution < 1.29 is 14.3 Å². The maximum Gasteiger partial charge on any atom is 0.225 e. The van der Waals surface area contributed by atoms with Gasteiger partial charge in [-0.15, -0.1) is 0 Å². The molecule has 1 amide bonds. The Hall–Kier alpha value is -2.01. The molecule has 150 valence electrons. The summed E-state index contributed by atoms with van der Waals surface area (Å²) in [4.78, 5) is 14.7. The number of piperidine rings is 1. The van der Waals surface area contributed by atoms with Gasteiger partial charge in [0.25, 0.3) is 0 Å². The molecule has 3 fully saturated rings. The predicted octanol–water partition coefficient (Wildman–Crippen LogP) is 4.16. The van der Waals surface area contributed by atoms with E-state index in [1.807, 2.05) is 0 Å². The molecule has 1 aliphatic carbocycles. The first-order valence-corrected chi connectivity index (χ1v) is 10.9. The normalized spacial score (nSPS) is 24.3. The molecular formula is C23H30N2O3. The minimum atomic E-state index is 0.191. The fraction of sp³-hybridized carbons (Fsp3) is 0.609. The average Bonchev–Trinajstić information content (AvgIpc) is 3.49. The van der Waals surface area contributed by atoms with E-state index in [0.29, 0.717) is 11.9 Å². The molecule has 1 aromatic carbocycles. The summed E-state index contributed by atoms with van der Waals surface area (Å²) in [5.74, 6) is 1.63. The van der Waals surface area contributed by atoms with Crippen LogP contribution >= 0.6 is 0 Å². The van der Waals surface area contributed by atoms with Gasteiger partial charge in [-0.25, -0.2) is 0 Å². The van der Waals surface area contributed by atoms with Crippen molar-refractivity contribution in [1.29, 1.82) is 0 Å². The van der Waals surface area contributed by atoms with Crippen LogP contribution in [-0.4, -0.2) is 47.8 Å². The highest BCUT2D eigenvalue weighted by Crippen LogP contribution is 2.33. The second-order valence-corrected chi connectivity index (χ2v) is 8.55. The van der Waals surface area contributed by atoms with Crippen molar-refractivity contribution in [3.8, 4) is 5.75 Å². The van der Waals surface area contributed by atoms with Crippen LogP contribution < -0.4 is 4.74 Å². The van der Waals surface area contributed by atoms with E-state index in [9.17, 15) is 4.79 Å². The van der Waals surface area contributed by atoms with Crippen molar-refractivity contribution in [3.05, 3.63) is 30.5 Å². The summed E-state index contributed by atoms with van der Waals surface area (Å²) in [5.41, 5.74) is 1.22. The Morgan fingerprint density at radius 2 is 1.86 bits per heavy atom. The van der Waals surface area contributed by atoms with Gasteiger partial charge in [-0.2, -0.15) is 0 Å². The molecule has 2 aromatic rings. The third-order valence-electron chi connectivity index (χ3n) is 6.77. The molecule has 1 saturated carbocycles. The Kier molecular flexibility index (Phi) is 5.02. The Morgan fingerprint density at radius 3 is 2.61 bits per heavy atom. The van der Waals surface area contributed by atoms with Crippen molar-refractivity contribution in [2.45, 2.75) is 57.1 Å². The molecule has 1 aromatic heterocycles. The van der Waals surface area contributed by atoms with Crippen LogP contribution in [0.15, 0.2) is 30.5 Å². The zero-order chi connectivity index (χ0) is 18.9. The third-order valence-corrected chi connectivity index (χ3v) is 6.77. The topological polar surface area (TPSA) is 43.7 Å². The van der Waals surface area contributed by atoms with E-state index in [4.69, 9.17) is 9.47 Å². The lowest BCUT2D eigenvalue weighted by atomic mass is 10.0. The Labute approximate surface area is 166 Å². The minimum absolute atomic E-state index is 0.191. The van der Waals surface area contributed by atoms with Crippen LogP contribution in [0.2, 0.25) is 0 Å². The number of rotatable bonds is 4. The van der Waals surface area contributed by atoms with Gasteiger partial charge in [0.2, 0.25) is 5.91 Å². The smallest absolute Gasteiger partial charge is 0.225 e. The van der Waals surface area contributed by atoms with Crippen molar-refractivity contribution >= 4 is 16.8 Å². The Morgan fingerprint density at radius 1 is 1.04 bits per heavy atom. The van der Waals surface area contributed by atoms with Gasteiger partial charge in [-0.05, 0) is 37.5 Å². The minimum Gasteiger partial charge on any atom is -0.490 e. The number of hydrogen-bond donors (Lipinski definition) is 0. The number of benzene rings is 1. The number of hydrogen-bond acceptors (Lipinski definition) is 3. The van der Waals surface area contributed by atoms with Gasteiger partial charge in [0, 0.05) is 50.0 Å². The number of carbonyl (C=O) groups excluding carboxylic acids is 1. The Balaban J connectivity index is 1.24. The van der Waals surface area contributed by atoms with E-state index in [0.717, 1.165) is 64.2 Å². The zero-order valence-corrected chi connectivity index (χ0v) is 16.5. The molecule has 3 heterocycles. The van der Waals surface area contributed by atoms with E-state index in [1.54, 1.807) is 0 Å². The number of amides is 1. The molecule has 5 nitrogen and oxygen atoms in total. The maximum absolute atomic E-state index is 12.6. The first kappa shape index (κ1) is 18.0. The highest BCUT2D eigenvalue weighted by molar-refractivity contribution is 5.86. The number of likely N-dealkylation sites (tertiary alicyclic amines) is 1. The molecule has 0 N–H and O–H groups in total. The maximum atomic E-state index is 12.6. The molecule has 1 atom stereocenters. The van der Waals surface area contributed by atoms with Crippen LogP contribution in [0.25, 0.3) is 10.9 Å². The lowest BCUT2D eigenvalue weighted by molar-refractivity contribution is -0.137. The van der Waals surface area contributed by atoms with Crippen LogP contribution in [0.4, 0.5) is 0 Å². The summed E-state index contributed by atoms with van der Waals surface area (Å²) in [5, 5.41) is 1.18. The van der Waals surface area contributed by atoms with Crippen LogP contribution in [0.3, 0.4) is 0 Å². The van der Waals surface area contributed by atoms with E-state index < -0.39 is 0 Å². The zero-order valence-electron chi connectivity index (χ0n) is 16.5. The molecule has 0 spiro atoms. The standard InChI is InChI=1S/C23H30N2O3/c26-23(17-4-1-2-5-17)24-12-8-19(9-13-24)28-22-7-3-6-21-20(22)10-14-25(21)18-11-15-27-16-18/h3,6-7,10,14,17-19H,1-2,4-5,8-9,11-13,15-16H2. The first-order chi connectivity index (χ1) is 13.8. The van der Waals surface area contributed by atoms with Crippen LogP contribution in [0.1, 0.15) is 51.0 Å². The first-order valence-electron chi connectivity index (χ1n) is 10.9. The number of ether oxygens (including phenoxy) is 2. The van der Waals surface area contributed by atoms with Crippen LogP contribution in [0, 0.1) is 5.92 Å². The third kappa shape index (κ3) is 3.41. The van der Waals surface area contributed by atoms with Crippen molar-refractivity contribution in [2.24, 2.45) is 5.92 Å². The van der Waals surface area contributed by atoms with Crippen LogP contribution in [-0.2, 0) is 9.53 Å². The number of carbonyl (C=O) groups is 1. The van der Waals surface area contributed by atoms with E-state index in [2.05, 4.69) is 39.9 Å².